The molecule has 1 aliphatic heterocycles. The Bertz CT molecular complexity index is 901. The summed E-state index contributed by atoms with van der Waals surface area (Å²) in [7, 11) is 0. The van der Waals surface area contributed by atoms with E-state index < -0.39 is 17.6 Å². The van der Waals surface area contributed by atoms with Crippen molar-refractivity contribution in [2.45, 2.75) is 6.18 Å². The monoisotopic (exact) mass is 383 g/mol. The van der Waals surface area contributed by atoms with Crippen molar-refractivity contribution in [3.63, 3.8) is 0 Å². The molecule has 0 bridgehead atoms. The van der Waals surface area contributed by atoms with Gasteiger partial charge in [0.05, 0.1) is 16.5 Å². The third-order valence-corrected chi connectivity index (χ3v) is 5.27. The maximum absolute atomic E-state index is 14.1. The van der Waals surface area contributed by atoms with E-state index in [1.165, 1.54) is 0 Å². The average Bonchev–Trinajstić information content (AvgIpc) is 3.05. The maximum Gasteiger partial charge on any atom is 0.417 e. The summed E-state index contributed by atoms with van der Waals surface area (Å²) >= 11 is 1.55. The fraction of sp³-hybridized carbons (Fsp3) is 0.312. The standard InChI is InChI=1S/C16H13F4N5S/c17-11-7-10(16(18,19)20)8-22-14(11)24-3-5-25(6-4-24)15-23-12-9-21-2-1-13(12)26-15/h1-2,7-9H,3-6H2. The number of pyridine rings is 2. The lowest BCUT2D eigenvalue weighted by Gasteiger charge is -2.35. The van der Waals surface area contributed by atoms with Crippen LogP contribution in [-0.4, -0.2) is 41.1 Å². The Labute approximate surface area is 149 Å². The van der Waals surface area contributed by atoms with Gasteiger partial charge in [-0.3, -0.25) is 4.98 Å². The van der Waals surface area contributed by atoms with Crippen LogP contribution in [0.2, 0.25) is 0 Å². The van der Waals surface area contributed by atoms with Crippen molar-refractivity contribution in [2.75, 3.05) is 36.0 Å². The molecule has 3 aromatic rings. The van der Waals surface area contributed by atoms with Gasteiger partial charge in [-0.2, -0.15) is 13.2 Å². The van der Waals surface area contributed by atoms with Gasteiger partial charge < -0.3 is 9.80 Å². The second kappa shape index (κ2) is 6.35. The number of fused-ring (bicyclic) bond motifs is 1. The summed E-state index contributed by atoms with van der Waals surface area (Å²) in [5, 5.41) is 0.855. The molecule has 5 nitrogen and oxygen atoms in total. The van der Waals surface area contributed by atoms with Crippen LogP contribution in [0.4, 0.5) is 28.5 Å². The SMILES string of the molecule is Fc1cc(C(F)(F)F)cnc1N1CCN(c2nc3cnccc3s2)CC1. The Morgan fingerprint density at radius 3 is 2.42 bits per heavy atom. The van der Waals surface area contributed by atoms with Crippen LogP contribution in [-0.2, 0) is 6.18 Å². The zero-order valence-corrected chi connectivity index (χ0v) is 14.2. The predicted molar refractivity (Wildman–Crippen MR) is 91.0 cm³/mol. The molecule has 0 atom stereocenters. The zero-order valence-electron chi connectivity index (χ0n) is 13.4. The molecule has 0 amide bonds. The summed E-state index contributed by atoms with van der Waals surface area (Å²) in [4.78, 5) is 16.0. The summed E-state index contributed by atoms with van der Waals surface area (Å²) in [5.74, 6) is -1.01. The molecule has 3 aromatic heterocycles. The molecule has 10 heteroatoms. The van der Waals surface area contributed by atoms with Crippen molar-refractivity contribution in [1.82, 2.24) is 15.0 Å². The summed E-state index contributed by atoms with van der Waals surface area (Å²) in [6, 6.07) is 2.39. The van der Waals surface area contributed by atoms with Gasteiger partial charge in [0, 0.05) is 38.6 Å². The van der Waals surface area contributed by atoms with Crippen LogP contribution >= 0.6 is 11.3 Å². The highest BCUT2D eigenvalue weighted by Gasteiger charge is 2.32. The summed E-state index contributed by atoms with van der Waals surface area (Å²) in [6.45, 7) is 2.05. The molecule has 0 saturated carbocycles. The molecule has 0 N–H and O–H groups in total. The van der Waals surface area contributed by atoms with Crippen molar-refractivity contribution in [2.24, 2.45) is 0 Å². The molecule has 136 valence electrons. The van der Waals surface area contributed by atoms with Crippen LogP contribution in [0.3, 0.4) is 0 Å². The quantitative estimate of drug-likeness (QED) is 0.633. The number of piperazine rings is 1. The Morgan fingerprint density at radius 1 is 1.04 bits per heavy atom. The van der Waals surface area contributed by atoms with Gasteiger partial charge in [0.1, 0.15) is 5.52 Å². The minimum atomic E-state index is -4.60. The number of nitrogens with zero attached hydrogens (tertiary/aromatic N) is 5. The number of alkyl halides is 3. The second-order valence-corrected chi connectivity index (χ2v) is 6.85. The maximum atomic E-state index is 14.1. The summed E-state index contributed by atoms with van der Waals surface area (Å²) in [5.41, 5.74) is -0.258. The molecule has 0 aromatic carbocycles. The van der Waals surface area contributed by atoms with E-state index in [0.29, 0.717) is 38.4 Å². The topological polar surface area (TPSA) is 45.2 Å². The van der Waals surface area contributed by atoms with Crippen LogP contribution in [0.25, 0.3) is 10.2 Å². The number of hydrogen-bond donors (Lipinski definition) is 0. The summed E-state index contributed by atoms with van der Waals surface area (Å²) < 4.78 is 53.0. The molecule has 0 spiro atoms. The van der Waals surface area contributed by atoms with Gasteiger partial charge in [0.15, 0.2) is 16.8 Å². The molecule has 1 saturated heterocycles. The highest BCUT2D eigenvalue weighted by Crippen LogP contribution is 2.32. The van der Waals surface area contributed by atoms with Gasteiger partial charge >= 0.3 is 6.18 Å². The first-order valence-electron chi connectivity index (χ1n) is 7.85. The Balaban J connectivity index is 1.48. The van der Waals surface area contributed by atoms with Crippen LogP contribution in [0, 0.1) is 5.82 Å². The first-order valence-corrected chi connectivity index (χ1v) is 8.66. The highest BCUT2D eigenvalue weighted by atomic mass is 32.1. The predicted octanol–water partition coefficient (Wildman–Crippen LogP) is 3.57. The Morgan fingerprint density at radius 2 is 1.77 bits per heavy atom. The molecule has 26 heavy (non-hydrogen) atoms. The van der Waals surface area contributed by atoms with E-state index in [0.717, 1.165) is 15.3 Å². The lowest BCUT2D eigenvalue weighted by molar-refractivity contribution is -0.138. The first kappa shape index (κ1) is 17.0. The minimum absolute atomic E-state index is 0.0499. The van der Waals surface area contributed by atoms with Crippen molar-refractivity contribution < 1.29 is 17.6 Å². The van der Waals surface area contributed by atoms with Crippen molar-refractivity contribution >= 4 is 32.5 Å². The average molecular weight is 383 g/mol. The highest BCUT2D eigenvalue weighted by molar-refractivity contribution is 7.22. The molecule has 4 heterocycles. The van der Waals surface area contributed by atoms with Crippen LogP contribution in [0.15, 0.2) is 30.7 Å². The van der Waals surface area contributed by atoms with E-state index in [1.54, 1.807) is 28.6 Å². The van der Waals surface area contributed by atoms with Gasteiger partial charge in [-0.05, 0) is 12.1 Å². The molecule has 4 rings (SSSR count). The van der Waals surface area contributed by atoms with Gasteiger partial charge in [-0.15, -0.1) is 0 Å². The van der Waals surface area contributed by atoms with Crippen LogP contribution < -0.4 is 9.80 Å². The van der Waals surface area contributed by atoms with E-state index in [9.17, 15) is 17.6 Å². The van der Waals surface area contributed by atoms with E-state index >= 15 is 0 Å². The number of anilines is 2. The van der Waals surface area contributed by atoms with Gasteiger partial charge in [0.25, 0.3) is 0 Å². The lowest BCUT2D eigenvalue weighted by Crippen LogP contribution is -2.47. The fourth-order valence-electron chi connectivity index (χ4n) is 2.83. The largest absolute Gasteiger partial charge is 0.417 e. The molecule has 0 aliphatic carbocycles. The van der Waals surface area contributed by atoms with Crippen molar-refractivity contribution in [1.29, 1.82) is 0 Å². The zero-order chi connectivity index (χ0) is 18.3. The van der Waals surface area contributed by atoms with E-state index in [4.69, 9.17) is 0 Å². The molecule has 0 unspecified atom stereocenters. The molecular weight excluding hydrogens is 370 g/mol. The smallest absolute Gasteiger partial charge is 0.351 e. The number of aromatic nitrogens is 3. The van der Waals surface area contributed by atoms with Crippen LogP contribution in [0.5, 0.6) is 0 Å². The third-order valence-electron chi connectivity index (χ3n) is 4.18. The Hall–Kier alpha value is -2.49. The number of rotatable bonds is 2. The van der Waals surface area contributed by atoms with Gasteiger partial charge in [0.2, 0.25) is 0 Å². The van der Waals surface area contributed by atoms with Crippen LogP contribution in [0.1, 0.15) is 5.56 Å². The number of halogens is 4. The Kier molecular flexibility index (Phi) is 4.14. The third kappa shape index (κ3) is 3.16. The van der Waals surface area contributed by atoms with Gasteiger partial charge in [-0.25, -0.2) is 14.4 Å². The molecule has 1 aliphatic rings. The van der Waals surface area contributed by atoms with Crippen molar-refractivity contribution in [3.8, 4) is 0 Å². The van der Waals surface area contributed by atoms with E-state index in [1.807, 2.05) is 6.07 Å². The number of thiazole rings is 1. The van der Waals surface area contributed by atoms with Gasteiger partial charge in [-0.1, -0.05) is 11.3 Å². The fourth-order valence-corrected chi connectivity index (χ4v) is 3.82. The minimum Gasteiger partial charge on any atom is -0.351 e. The second-order valence-electron chi connectivity index (χ2n) is 5.84. The van der Waals surface area contributed by atoms with E-state index in [2.05, 4.69) is 19.9 Å². The lowest BCUT2D eigenvalue weighted by atomic mass is 10.2. The normalized spacial score (nSPS) is 15.7. The number of hydrogen-bond acceptors (Lipinski definition) is 6. The molecular formula is C16H13F4N5S. The summed E-state index contributed by atoms with van der Waals surface area (Å²) in [6.07, 6.45) is -0.521. The molecule has 0 radical (unpaired) electrons. The van der Waals surface area contributed by atoms with Crippen molar-refractivity contribution in [3.05, 3.63) is 42.1 Å². The van der Waals surface area contributed by atoms with E-state index in [-0.39, 0.29) is 5.82 Å². The molecule has 1 fully saturated rings. The first-order chi connectivity index (χ1) is 12.4.